The van der Waals surface area contributed by atoms with E-state index in [-0.39, 0.29) is 0 Å². The minimum atomic E-state index is 0.706. The van der Waals surface area contributed by atoms with E-state index in [0.717, 1.165) is 0 Å². The molecule has 2 heterocycles. The molecule has 3 nitrogen and oxygen atoms in total. The maximum absolute atomic E-state index is 3.42. The zero-order valence-corrected chi connectivity index (χ0v) is 10.3. The van der Waals surface area contributed by atoms with Gasteiger partial charge in [-0.1, -0.05) is 0 Å². The molecule has 0 aromatic carbocycles. The monoisotopic (exact) mass is 211 g/mol. The average molecular weight is 211 g/mol. The van der Waals surface area contributed by atoms with Gasteiger partial charge in [-0.15, -0.1) is 0 Å². The molecule has 0 aliphatic carbocycles. The van der Waals surface area contributed by atoms with Crippen LogP contribution in [0.2, 0.25) is 0 Å². The summed E-state index contributed by atoms with van der Waals surface area (Å²) in [7, 11) is 4.32. The summed E-state index contributed by atoms with van der Waals surface area (Å²) in [6.07, 6.45) is 4.15. The lowest BCUT2D eigenvalue weighted by molar-refractivity contribution is 0.0542. The maximum atomic E-state index is 3.42. The van der Waals surface area contributed by atoms with E-state index < -0.39 is 0 Å². The Balaban J connectivity index is 1.61. The van der Waals surface area contributed by atoms with Crippen molar-refractivity contribution in [2.75, 3.05) is 53.4 Å². The van der Waals surface area contributed by atoms with Gasteiger partial charge in [-0.3, -0.25) is 0 Å². The zero-order chi connectivity index (χ0) is 10.7. The molecule has 0 atom stereocenters. The quantitative estimate of drug-likeness (QED) is 0.735. The van der Waals surface area contributed by atoms with Gasteiger partial charge < -0.3 is 15.1 Å². The van der Waals surface area contributed by atoms with Crippen LogP contribution in [0.4, 0.5) is 0 Å². The molecule has 88 valence electrons. The SMILES string of the molecule is CN(C)CCCN1CCC2(CC1)CNC2. The third-order valence-electron chi connectivity index (χ3n) is 4.00. The fraction of sp³-hybridized carbons (Fsp3) is 1.00. The molecule has 0 aromatic rings. The van der Waals surface area contributed by atoms with Crippen LogP contribution in [0.3, 0.4) is 0 Å². The molecule has 0 aromatic heterocycles. The predicted octanol–water partition coefficient (Wildman–Crippen LogP) is 0.623. The Morgan fingerprint density at radius 1 is 1.20 bits per heavy atom. The van der Waals surface area contributed by atoms with Crippen LogP contribution in [0.15, 0.2) is 0 Å². The van der Waals surface area contributed by atoms with E-state index in [1.54, 1.807) is 0 Å². The molecule has 2 fully saturated rings. The van der Waals surface area contributed by atoms with E-state index in [9.17, 15) is 0 Å². The fourth-order valence-electron chi connectivity index (χ4n) is 2.69. The molecule has 3 heteroatoms. The van der Waals surface area contributed by atoms with Gasteiger partial charge in [0.2, 0.25) is 0 Å². The van der Waals surface area contributed by atoms with Crippen molar-refractivity contribution in [3.05, 3.63) is 0 Å². The largest absolute Gasteiger partial charge is 0.316 e. The summed E-state index contributed by atoms with van der Waals surface area (Å²) in [5, 5.41) is 3.42. The Hall–Kier alpha value is -0.120. The Kier molecular flexibility index (Phi) is 3.65. The van der Waals surface area contributed by atoms with E-state index >= 15 is 0 Å². The minimum Gasteiger partial charge on any atom is -0.316 e. The van der Waals surface area contributed by atoms with Crippen LogP contribution < -0.4 is 5.32 Å². The van der Waals surface area contributed by atoms with Gasteiger partial charge in [0.15, 0.2) is 0 Å². The molecule has 1 spiro atoms. The third-order valence-corrected chi connectivity index (χ3v) is 4.00. The van der Waals surface area contributed by atoms with Crippen LogP contribution in [-0.4, -0.2) is 63.2 Å². The second kappa shape index (κ2) is 4.81. The van der Waals surface area contributed by atoms with Gasteiger partial charge in [-0.25, -0.2) is 0 Å². The number of hydrogen-bond acceptors (Lipinski definition) is 3. The van der Waals surface area contributed by atoms with Crippen LogP contribution in [0.1, 0.15) is 19.3 Å². The summed E-state index contributed by atoms with van der Waals surface area (Å²) < 4.78 is 0. The second-order valence-corrected chi connectivity index (χ2v) is 5.60. The lowest BCUT2D eigenvalue weighted by Gasteiger charge is -2.48. The second-order valence-electron chi connectivity index (χ2n) is 5.60. The van der Waals surface area contributed by atoms with Gasteiger partial charge >= 0.3 is 0 Å². The molecule has 2 rings (SSSR count). The average Bonchev–Trinajstić information content (AvgIpc) is 2.16. The smallest absolute Gasteiger partial charge is 0.00212 e. The van der Waals surface area contributed by atoms with E-state index in [4.69, 9.17) is 0 Å². The highest BCUT2D eigenvalue weighted by Gasteiger charge is 2.39. The van der Waals surface area contributed by atoms with Gasteiger partial charge in [-0.05, 0) is 65.0 Å². The molecule has 0 unspecified atom stereocenters. The number of nitrogens with zero attached hydrogens (tertiary/aromatic N) is 2. The van der Waals surface area contributed by atoms with Gasteiger partial charge in [0, 0.05) is 13.1 Å². The predicted molar refractivity (Wildman–Crippen MR) is 64.1 cm³/mol. The van der Waals surface area contributed by atoms with Crippen molar-refractivity contribution < 1.29 is 0 Å². The van der Waals surface area contributed by atoms with Gasteiger partial charge in [0.1, 0.15) is 0 Å². The number of likely N-dealkylation sites (tertiary alicyclic amines) is 1. The zero-order valence-electron chi connectivity index (χ0n) is 10.3. The first-order chi connectivity index (χ1) is 7.20. The van der Waals surface area contributed by atoms with Crippen LogP contribution in [0.25, 0.3) is 0 Å². The normalized spacial score (nSPS) is 25.8. The number of piperidine rings is 1. The summed E-state index contributed by atoms with van der Waals surface area (Å²) >= 11 is 0. The molecule has 2 aliphatic rings. The highest BCUT2D eigenvalue weighted by atomic mass is 15.2. The number of rotatable bonds is 4. The van der Waals surface area contributed by atoms with Crippen LogP contribution in [-0.2, 0) is 0 Å². The van der Waals surface area contributed by atoms with Crippen molar-refractivity contribution in [3.8, 4) is 0 Å². The van der Waals surface area contributed by atoms with E-state index in [0.29, 0.717) is 5.41 Å². The summed E-state index contributed by atoms with van der Waals surface area (Å²) in [4.78, 5) is 4.92. The summed E-state index contributed by atoms with van der Waals surface area (Å²) in [5.41, 5.74) is 0.706. The van der Waals surface area contributed by atoms with Crippen molar-refractivity contribution in [1.82, 2.24) is 15.1 Å². The van der Waals surface area contributed by atoms with Crippen LogP contribution >= 0.6 is 0 Å². The highest BCUT2D eigenvalue weighted by Crippen LogP contribution is 2.34. The van der Waals surface area contributed by atoms with Crippen LogP contribution in [0.5, 0.6) is 0 Å². The first-order valence-electron chi connectivity index (χ1n) is 6.28. The lowest BCUT2D eigenvalue weighted by atomic mass is 9.73. The molecular weight excluding hydrogens is 186 g/mol. The number of nitrogens with one attached hydrogen (secondary N) is 1. The summed E-state index contributed by atoms with van der Waals surface area (Å²) in [5.74, 6) is 0. The van der Waals surface area contributed by atoms with E-state index in [1.807, 2.05) is 0 Å². The Bertz CT molecular complexity index is 189. The Morgan fingerprint density at radius 3 is 2.33 bits per heavy atom. The van der Waals surface area contributed by atoms with Gasteiger partial charge in [0.05, 0.1) is 0 Å². The minimum absolute atomic E-state index is 0.706. The molecule has 15 heavy (non-hydrogen) atoms. The van der Waals surface area contributed by atoms with Crippen molar-refractivity contribution in [3.63, 3.8) is 0 Å². The van der Waals surface area contributed by atoms with E-state index in [1.165, 1.54) is 58.5 Å². The van der Waals surface area contributed by atoms with Crippen molar-refractivity contribution >= 4 is 0 Å². The molecule has 0 bridgehead atoms. The molecule has 2 saturated heterocycles. The highest BCUT2D eigenvalue weighted by molar-refractivity contribution is 4.95. The fourth-order valence-corrected chi connectivity index (χ4v) is 2.69. The maximum Gasteiger partial charge on any atom is 0.00212 e. The summed E-state index contributed by atoms with van der Waals surface area (Å²) in [6, 6.07) is 0. The molecule has 2 aliphatic heterocycles. The summed E-state index contributed by atoms with van der Waals surface area (Å²) in [6.45, 7) is 7.73. The van der Waals surface area contributed by atoms with Gasteiger partial charge in [0.25, 0.3) is 0 Å². The molecule has 0 saturated carbocycles. The van der Waals surface area contributed by atoms with Crippen molar-refractivity contribution in [2.24, 2.45) is 5.41 Å². The Labute approximate surface area is 93.8 Å². The van der Waals surface area contributed by atoms with E-state index in [2.05, 4.69) is 29.2 Å². The standard InChI is InChI=1S/C12H25N3/c1-14(2)6-3-7-15-8-4-12(5-9-15)10-13-11-12/h13H,3-11H2,1-2H3. The van der Waals surface area contributed by atoms with Crippen LogP contribution in [0, 0.1) is 5.41 Å². The third kappa shape index (κ3) is 2.92. The molecular formula is C12H25N3. The molecule has 0 radical (unpaired) electrons. The number of hydrogen-bond donors (Lipinski definition) is 1. The Morgan fingerprint density at radius 2 is 1.87 bits per heavy atom. The first kappa shape index (κ1) is 11.4. The van der Waals surface area contributed by atoms with Crippen molar-refractivity contribution in [1.29, 1.82) is 0 Å². The molecule has 1 N–H and O–H groups in total. The lowest BCUT2D eigenvalue weighted by Crippen LogP contribution is -2.58. The molecule has 0 amide bonds. The topological polar surface area (TPSA) is 18.5 Å². The van der Waals surface area contributed by atoms with Crippen molar-refractivity contribution in [2.45, 2.75) is 19.3 Å². The first-order valence-corrected chi connectivity index (χ1v) is 6.28. The van der Waals surface area contributed by atoms with Gasteiger partial charge in [-0.2, -0.15) is 0 Å².